The highest BCUT2D eigenvalue weighted by atomic mass is 79.9. The number of nitrogens with zero attached hydrogens (tertiary/aromatic N) is 2. The van der Waals surface area contributed by atoms with Gasteiger partial charge < -0.3 is 10.6 Å². The first-order valence-electron chi connectivity index (χ1n) is 6.22. The van der Waals surface area contributed by atoms with Gasteiger partial charge in [0, 0.05) is 30.8 Å². The number of halogens is 1. The third-order valence-electron chi connectivity index (χ3n) is 3.07. The molecule has 3 nitrogen and oxygen atoms in total. The molecule has 0 spiro atoms. The van der Waals surface area contributed by atoms with Crippen LogP contribution < -0.4 is 10.6 Å². The van der Waals surface area contributed by atoms with Crippen LogP contribution in [0.15, 0.2) is 41.0 Å². The van der Waals surface area contributed by atoms with Gasteiger partial charge >= 0.3 is 0 Å². The van der Waals surface area contributed by atoms with Crippen LogP contribution >= 0.6 is 15.9 Å². The van der Waals surface area contributed by atoms with Crippen molar-refractivity contribution in [2.45, 2.75) is 20.0 Å². The maximum absolute atomic E-state index is 5.63. The molecule has 100 valence electrons. The second-order valence-corrected chi connectivity index (χ2v) is 5.49. The Labute approximate surface area is 122 Å². The SMILES string of the molecule is Cc1cc(CN)cnc1N(C)Cc1ccccc1Br. The Kier molecular flexibility index (Phi) is 4.56. The summed E-state index contributed by atoms with van der Waals surface area (Å²) in [6.45, 7) is 3.41. The standard InChI is InChI=1S/C15H18BrN3/c1-11-7-12(8-17)9-18-15(11)19(2)10-13-5-3-4-6-14(13)16/h3-7,9H,8,10,17H2,1-2H3. The molecule has 0 saturated carbocycles. The van der Waals surface area contributed by atoms with Crippen molar-refractivity contribution in [3.05, 3.63) is 57.7 Å². The molecule has 0 aliphatic heterocycles. The van der Waals surface area contributed by atoms with Crippen LogP contribution in [0.1, 0.15) is 16.7 Å². The summed E-state index contributed by atoms with van der Waals surface area (Å²) in [6, 6.07) is 10.3. The van der Waals surface area contributed by atoms with Crippen LogP contribution in [0, 0.1) is 6.92 Å². The van der Waals surface area contributed by atoms with Crippen LogP contribution in [0.5, 0.6) is 0 Å². The van der Waals surface area contributed by atoms with Crippen molar-refractivity contribution < 1.29 is 0 Å². The average molecular weight is 320 g/mol. The van der Waals surface area contributed by atoms with E-state index >= 15 is 0 Å². The van der Waals surface area contributed by atoms with Crippen molar-refractivity contribution in [1.29, 1.82) is 0 Å². The molecule has 2 rings (SSSR count). The third kappa shape index (κ3) is 3.33. The number of nitrogens with two attached hydrogens (primary N) is 1. The number of benzene rings is 1. The largest absolute Gasteiger partial charge is 0.355 e. The van der Waals surface area contributed by atoms with Gasteiger partial charge in [-0.25, -0.2) is 4.98 Å². The number of hydrogen-bond donors (Lipinski definition) is 1. The summed E-state index contributed by atoms with van der Waals surface area (Å²) in [5, 5.41) is 0. The first-order chi connectivity index (χ1) is 9.11. The molecular weight excluding hydrogens is 302 g/mol. The van der Waals surface area contributed by atoms with Crippen molar-refractivity contribution in [3.8, 4) is 0 Å². The Bertz CT molecular complexity index is 569. The molecule has 2 N–H and O–H groups in total. The lowest BCUT2D eigenvalue weighted by Gasteiger charge is -2.21. The highest BCUT2D eigenvalue weighted by Gasteiger charge is 2.09. The Balaban J connectivity index is 2.21. The molecule has 0 saturated heterocycles. The van der Waals surface area contributed by atoms with Gasteiger partial charge in [-0.1, -0.05) is 34.1 Å². The Hall–Kier alpha value is -1.39. The van der Waals surface area contributed by atoms with Crippen LogP contribution in [-0.2, 0) is 13.1 Å². The Morgan fingerprint density at radius 1 is 1.32 bits per heavy atom. The predicted molar refractivity (Wildman–Crippen MR) is 83.1 cm³/mol. The topological polar surface area (TPSA) is 42.1 Å². The summed E-state index contributed by atoms with van der Waals surface area (Å²) < 4.78 is 1.12. The highest BCUT2D eigenvalue weighted by Crippen LogP contribution is 2.22. The zero-order chi connectivity index (χ0) is 13.8. The van der Waals surface area contributed by atoms with E-state index in [1.807, 2.05) is 18.3 Å². The highest BCUT2D eigenvalue weighted by molar-refractivity contribution is 9.10. The third-order valence-corrected chi connectivity index (χ3v) is 3.84. The van der Waals surface area contributed by atoms with Gasteiger partial charge in [0.1, 0.15) is 5.82 Å². The van der Waals surface area contributed by atoms with Crippen LogP contribution in [-0.4, -0.2) is 12.0 Å². The first-order valence-corrected chi connectivity index (χ1v) is 7.01. The number of pyridine rings is 1. The van der Waals surface area contributed by atoms with Crippen molar-refractivity contribution in [2.75, 3.05) is 11.9 Å². The van der Waals surface area contributed by atoms with Crippen LogP contribution in [0.3, 0.4) is 0 Å². The zero-order valence-corrected chi connectivity index (χ0v) is 12.8. The molecular formula is C15H18BrN3. The van der Waals surface area contributed by atoms with E-state index in [1.165, 1.54) is 5.56 Å². The maximum atomic E-state index is 5.63. The minimum atomic E-state index is 0.530. The van der Waals surface area contributed by atoms with Gasteiger partial charge in [-0.2, -0.15) is 0 Å². The average Bonchev–Trinajstić information content (AvgIpc) is 2.41. The molecule has 0 atom stereocenters. The van der Waals surface area contributed by atoms with Crippen LogP contribution in [0.25, 0.3) is 0 Å². The summed E-state index contributed by atoms with van der Waals surface area (Å²) in [4.78, 5) is 6.65. The van der Waals surface area contributed by atoms with Crippen molar-refractivity contribution in [3.63, 3.8) is 0 Å². The molecule has 19 heavy (non-hydrogen) atoms. The van der Waals surface area contributed by atoms with Crippen molar-refractivity contribution >= 4 is 21.7 Å². The molecule has 0 fully saturated rings. The van der Waals surface area contributed by atoms with Crippen molar-refractivity contribution in [1.82, 2.24) is 4.98 Å². The lowest BCUT2D eigenvalue weighted by molar-refractivity contribution is 0.881. The molecule has 0 aliphatic rings. The smallest absolute Gasteiger partial charge is 0.131 e. The van der Waals surface area contributed by atoms with Gasteiger partial charge in [0.05, 0.1) is 0 Å². The lowest BCUT2D eigenvalue weighted by Crippen LogP contribution is -2.19. The van der Waals surface area contributed by atoms with Gasteiger partial charge in [-0.15, -0.1) is 0 Å². The molecule has 0 bridgehead atoms. The first kappa shape index (κ1) is 14.0. The summed E-state index contributed by atoms with van der Waals surface area (Å²) in [5.41, 5.74) is 9.09. The van der Waals surface area contributed by atoms with Gasteiger partial charge in [-0.3, -0.25) is 0 Å². The van der Waals surface area contributed by atoms with E-state index in [0.717, 1.165) is 28.0 Å². The fourth-order valence-electron chi connectivity index (χ4n) is 2.09. The van der Waals surface area contributed by atoms with Gasteiger partial charge in [0.15, 0.2) is 0 Å². The van der Waals surface area contributed by atoms with Gasteiger partial charge in [0.2, 0.25) is 0 Å². The van der Waals surface area contributed by atoms with Crippen LogP contribution in [0.4, 0.5) is 5.82 Å². The van der Waals surface area contributed by atoms with E-state index in [9.17, 15) is 0 Å². The lowest BCUT2D eigenvalue weighted by atomic mass is 10.1. The fourth-order valence-corrected chi connectivity index (χ4v) is 2.50. The molecule has 0 unspecified atom stereocenters. The summed E-state index contributed by atoms with van der Waals surface area (Å²) >= 11 is 3.58. The molecule has 4 heteroatoms. The number of anilines is 1. The molecule has 1 aromatic carbocycles. The van der Waals surface area contributed by atoms with Crippen LogP contribution in [0.2, 0.25) is 0 Å². The summed E-state index contributed by atoms with van der Waals surface area (Å²) in [6.07, 6.45) is 1.85. The van der Waals surface area contributed by atoms with E-state index < -0.39 is 0 Å². The monoisotopic (exact) mass is 319 g/mol. The van der Waals surface area contributed by atoms with E-state index in [4.69, 9.17) is 5.73 Å². The number of aromatic nitrogens is 1. The second kappa shape index (κ2) is 6.17. The number of hydrogen-bond acceptors (Lipinski definition) is 3. The van der Waals surface area contributed by atoms with Gasteiger partial charge in [0.25, 0.3) is 0 Å². The maximum Gasteiger partial charge on any atom is 0.131 e. The molecule has 1 heterocycles. The minimum Gasteiger partial charge on any atom is -0.355 e. The fraction of sp³-hybridized carbons (Fsp3) is 0.267. The molecule has 0 radical (unpaired) electrons. The normalized spacial score (nSPS) is 10.5. The molecule has 2 aromatic rings. The number of rotatable bonds is 4. The van der Waals surface area contributed by atoms with E-state index in [1.54, 1.807) is 0 Å². The Morgan fingerprint density at radius 2 is 2.05 bits per heavy atom. The zero-order valence-electron chi connectivity index (χ0n) is 11.2. The molecule has 0 aliphatic carbocycles. The molecule has 1 aromatic heterocycles. The quantitative estimate of drug-likeness (QED) is 0.940. The Morgan fingerprint density at radius 3 is 2.68 bits per heavy atom. The minimum absolute atomic E-state index is 0.530. The van der Waals surface area contributed by atoms with E-state index in [2.05, 4.69) is 58.0 Å². The molecule has 0 amide bonds. The van der Waals surface area contributed by atoms with Gasteiger partial charge in [-0.05, 0) is 35.7 Å². The van der Waals surface area contributed by atoms with Crippen molar-refractivity contribution in [2.24, 2.45) is 5.73 Å². The predicted octanol–water partition coefficient (Wildman–Crippen LogP) is 3.25. The van der Waals surface area contributed by atoms with E-state index in [-0.39, 0.29) is 0 Å². The van der Waals surface area contributed by atoms with E-state index in [0.29, 0.717) is 6.54 Å². The number of aryl methyl sites for hydroxylation is 1. The second-order valence-electron chi connectivity index (χ2n) is 4.64. The summed E-state index contributed by atoms with van der Waals surface area (Å²) in [5.74, 6) is 0.993. The summed E-state index contributed by atoms with van der Waals surface area (Å²) in [7, 11) is 2.05.